The van der Waals surface area contributed by atoms with Crippen molar-refractivity contribution in [3.8, 4) is 0 Å². The maximum atomic E-state index is 2.61. The van der Waals surface area contributed by atoms with E-state index in [1.54, 1.807) is 0 Å². The molecule has 0 bridgehead atoms. The molecule has 0 aromatic rings. The molecule has 3 heteroatoms. The lowest BCUT2D eigenvalue weighted by Crippen LogP contribution is -2.43. The monoisotopic (exact) mass is 299 g/mol. The maximum absolute atomic E-state index is 2.61. The summed E-state index contributed by atoms with van der Waals surface area (Å²) in [5.41, 5.74) is 0. The smallest absolute Gasteiger partial charge is 0.0231 e. The molecule has 0 N–H and O–H groups in total. The van der Waals surface area contributed by atoms with Crippen molar-refractivity contribution in [1.82, 2.24) is 4.90 Å². The summed E-state index contributed by atoms with van der Waals surface area (Å²) in [6.45, 7) is 8.58. The van der Waals surface area contributed by atoms with Crippen LogP contribution in [0, 0.1) is 0 Å². The molecule has 1 heterocycles. The van der Waals surface area contributed by atoms with E-state index in [1.165, 1.54) is 36.2 Å². The van der Waals surface area contributed by atoms with Gasteiger partial charge in [-0.2, -0.15) is 11.8 Å². The van der Waals surface area contributed by atoms with Crippen LogP contribution in [0.15, 0.2) is 0 Å². The van der Waals surface area contributed by atoms with Gasteiger partial charge in [0.2, 0.25) is 0 Å². The van der Waals surface area contributed by atoms with Gasteiger partial charge >= 0.3 is 0 Å². The molecule has 0 aromatic heterocycles. The second kappa shape index (κ2) is 5.05. The quantitative estimate of drug-likeness (QED) is 0.582. The van der Waals surface area contributed by atoms with Gasteiger partial charge in [-0.05, 0) is 26.8 Å². The highest BCUT2D eigenvalue weighted by Crippen LogP contribution is 2.29. The van der Waals surface area contributed by atoms with Gasteiger partial charge in [0, 0.05) is 28.0 Å². The first-order valence-corrected chi connectivity index (χ1v) is 7.07. The van der Waals surface area contributed by atoms with Gasteiger partial charge in [-0.15, -0.1) is 0 Å². The Hall–Kier alpha value is 1.04. The molecule has 0 spiro atoms. The van der Waals surface area contributed by atoms with Gasteiger partial charge < -0.3 is 4.90 Å². The summed E-state index contributed by atoms with van der Waals surface area (Å²) in [5.74, 6) is 1.31. The second-order valence-electron chi connectivity index (χ2n) is 3.93. The molecule has 1 nitrogen and oxygen atoms in total. The van der Waals surface area contributed by atoms with E-state index in [4.69, 9.17) is 0 Å². The van der Waals surface area contributed by atoms with E-state index >= 15 is 0 Å². The summed E-state index contributed by atoms with van der Waals surface area (Å²) < 4.78 is 1.78. The molecule has 0 atom stereocenters. The summed E-state index contributed by atoms with van der Waals surface area (Å²) in [6, 6.07) is 0. The molecule has 1 aliphatic heterocycles. The fraction of sp³-hybridized carbons (Fsp3) is 1.00. The van der Waals surface area contributed by atoms with Crippen molar-refractivity contribution in [2.45, 2.75) is 25.0 Å². The minimum atomic E-state index is 0.490. The SMILES string of the molecule is CC1(C)CN(CCCI)CCS1. The summed E-state index contributed by atoms with van der Waals surface area (Å²) in [6.07, 6.45) is 1.35. The topological polar surface area (TPSA) is 3.24 Å². The molecule has 0 radical (unpaired) electrons. The lowest BCUT2D eigenvalue weighted by atomic mass is 10.2. The lowest BCUT2D eigenvalue weighted by Gasteiger charge is -2.37. The number of hydrogen-bond donors (Lipinski definition) is 0. The first-order valence-electron chi connectivity index (χ1n) is 4.56. The minimum Gasteiger partial charge on any atom is -0.301 e. The average molecular weight is 299 g/mol. The Balaban J connectivity index is 2.26. The fourth-order valence-corrected chi connectivity index (χ4v) is 3.11. The molecule has 0 saturated carbocycles. The fourth-order valence-electron chi connectivity index (χ4n) is 1.59. The van der Waals surface area contributed by atoms with Crippen LogP contribution < -0.4 is 0 Å². The van der Waals surface area contributed by atoms with E-state index < -0.39 is 0 Å². The van der Waals surface area contributed by atoms with Crippen LogP contribution in [0.3, 0.4) is 0 Å². The molecule has 0 aromatic carbocycles. The molecular weight excluding hydrogens is 281 g/mol. The van der Waals surface area contributed by atoms with Crippen molar-refractivity contribution in [3.05, 3.63) is 0 Å². The number of alkyl halides is 1. The van der Waals surface area contributed by atoms with Gasteiger partial charge in [0.05, 0.1) is 0 Å². The van der Waals surface area contributed by atoms with Crippen LogP contribution in [0.2, 0.25) is 0 Å². The van der Waals surface area contributed by atoms with E-state index in [9.17, 15) is 0 Å². The Morgan fingerprint density at radius 1 is 1.50 bits per heavy atom. The lowest BCUT2D eigenvalue weighted by molar-refractivity contribution is 0.262. The van der Waals surface area contributed by atoms with Crippen molar-refractivity contribution >= 4 is 34.4 Å². The van der Waals surface area contributed by atoms with Gasteiger partial charge in [0.1, 0.15) is 0 Å². The van der Waals surface area contributed by atoms with Crippen molar-refractivity contribution in [2.24, 2.45) is 0 Å². The first kappa shape index (κ1) is 11.1. The molecule has 1 rings (SSSR count). The number of halogens is 1. The number of thioether (sulfide) groups is 1. The predicted octanol–water partition coefficient (Wildman–Crippen LogP) is 2.64. The van der Waals surface area contributed by atoms with Gasteiger partial charge in [-0.25, -0.2) is 0 Å². The Morgan fingerprint density at radius 3 is 2.83 bits per heavy atom. The summed E-state index contributed by atoms with van der Waals surface area (Å²) in [5, 5.41) is 0. The van der Waals surface area contributed by atoms with Crippen LogP contribution in [0.4, 0.5) is 0 Å². The van der Waals surface area contributed by atoms with Gasteiger partial charge in [0.15, 0.2) is 0 Å². The summed E-state index contributed by atoms with van der Waals surface area (Å²) >= 11 is 4.57. The van der Waals surface area contributed by atoms with Crippen molar-refractivity contribution in [3.63, 3.8) is 0 Å². The molecule has 1 saturated heterocycles. The molecule has 0 unspecified atom stereocenters. The van der Waals surface area contributed by atoms with Crippen LogP contribution in [0.5, 0.6) is 0 Å². The highest BCUT2D eigenvalue weighted by molar-refractivity contribution is 14.1. The van der Waals surface area contributed by atoms with Crippen LogP contribution in [-0.2, 0) is 0 Å². The largest absolute Gasteiger partial charge is 0.301 e. The average Bonchev–Trinajstić information content (AvgIpc) is 1.99. The maximum Gasteiger partial charge on any atom is 0.0231 e. The molecule has 1 aliphatic rings. The summed E-state index contributed by atoms with van der Waals surface area (Å²) in [7, 11) is 0. The van der Waals surface area contributed by atoms with E-state index in [1.807, 2.05) is 0 Å². The number of rotatable bonds is 3. The zero-order valence-electron chi connectivity index (χ0n) is 7.98. The third-order valence-electron chi connectivity index (χ3n) is 2.11. The Kier molecular flexibility index (Phi) is 4.68. The zero-order chi connectivity index (χ0) is 9.03. The van der Waals surface area contributed by atoms with Crippen LogP contribution >= 0.6 is 34.4 Å². The number of hydrogen-bond acceptors (Lipinski definition) is 2. The summed E-state index contributed by atoms with van der Waals surface area (Å²) in [4.78, 5) is 2.61. The third-order valence-corrected chi connectivity index (χ3v) is 4.17. The van der Waals surface area contributed by atoms with Crippen LogP contribution in [0.25, 0.3) is 0 Å². The minimum absolute atomic E-state index is 0.490. The van der Waals surface area contributed by atoms with Gasteiger partial charge in [0.25, 0.3) is 0 Å². The van der Waals surface area contributed by atoms with Crippen molar-refractivity contribution < 1.29 is 0 Å². The van der Waals surface area contributed by atoms with E-state index in [-0.39, 0.29) is 0 Å². The van der Waals surface area contributed by atoms with Crippen LogP contribution in [-0.4, -0.2) is 39.5 Å². The molecule has 0 aliphatic carbocycles. The molecule has 0 amide bonds. The normalized spacial score (nSPS) is 24.2. The first-order chi connectivity index (χ1) is 5.64. The Morgan fingerprint density at radius 2 is 2.25 bits per heavy atom. The Labute approximate surface area is 93.8 Å². The molecule has 72 valence electrons. The predicted molar refractivity (Wildman–Crippen MR) is 66.5 cm³/mol. The molecular formula is C9H18INS. The van der Waals surface area contributed by atoms with E-state index in [0.717, 1.165) is 0 Å². The Bertz CT molecular complexity index is 138. The zero-order valence-corrected chi connectivity index (χ0v) is 11.0. The van der Waals surface area contributed by atoms with E-state index in [0.29, 0.717) is 4.75 Å². The standard InChI is InChI=1S/C9H18INS/c1-9(2)8-11(5-3-4-10)6-7-12-9/h3-8H2,1-2H3. The highest BCUT2D eigenvalue weighted by atomic mass is 127. The highest BCUT2D eigenvalue weighted by Gasteiger charge is 2.26. The van der Waals surface area contributed by atoms with Crippen molar-refractivity contribution in [2.75, 3.05) is 29.8 Å². The molecule has 1 fully saturated rings. The van der Waals surface area contributed by atoms with Gasteiger partial charge in [-0.1, -0.05) is 22.6 Å². The third kappa shape index (κ3) is 3.83. The second-order valence-corrected chi connectivity index (χ2v) is 6.81. The van der Waals surface area contributed by atoms with Crippen LogP contribution in [0.1, 0.15) is 20.3 Å². The number of nitrogens with zero attached hydrogens (tertiary/aromatic N) is 1. The van der Waals surface area contributed by atoms with E-state index in [2.05, 4.69) is 53.1 Å². The molecule has 12 heavy (non-hydrogen) atoms. The van der Waals surface area contributed by atoms with Crippen molar-refractivity contribution in [1.29, 1.82) is 0 Å². The van der Waals surface area contributed by atoms with Gasteiger partial charge in [-0.3, -0.25) is 0 Å².